The third-order valence-corrected chi connectivity index (χ3v) is 3.87. The molecule has 2 amide bonds. The molecule has 104 valence electrons. The number of carboxylic acids is 1. The molecule has 1 atom stereocenters. The minimum absolute atomic E-state index is 0.0679. The van der Waals surface area contributed by atoms with Crippen molar-refractivity contribution in [1.82, 2.24) is 10.3 Å². The third-order valence-electron chi connectivity index (χ3n) is 2.34. The highest BCUT2D eigenvalue weighted by Crippen LogP contribution is 2.19. The molecule has 0 saturated heterocycles. The summed E-state index contributed by atoms with van der Waals surface area (Å²) < 4.78 is 0. The molecule has 0 fully saturated rings. The number of carbonyl (C=O) groups is 3. The van der Waals surface area contributed by atoms with Gasteiger partial charge in [0.25, 0.3) is 5.91 Å². The van der Waals surface area contributed by atoms with E-state index in [1.165, 1.54) is 0 Å². The maximum absolute atomic E-state index is 11.5. The summed E-state index contributed by atoms with van der Waals surface area (Å²) in [6, 6.07) is 3.19. The van der Waals surface area contributed by atoms with Crippen LogP contribution in [0.4, 0.5) is 0 Å². The topological polar surface area (TPSA) is 99.3 Å². The molecule has 1 unspecified atom stereocenters. The number of hydrogen-bond donors (Lipinski definition) is 3. The number of rotatable bonds is 6. The number of nitrogens with one attached hydrogen (secondary N) is 2. The Morgan fingerprint density at radius 3 is 2.58 bits per heavy atom. The number of thioether (sulfide) groups is 1. The van der Waals surface area contributed by atoms with Crippen molar-refractivity contribution in [3.8, 4) is 0 Å². The van der Waals surface area contributed by atoms with Gasteiger partial charge >= 0.3 is 5.97 Å². The van der Waals surface area contributed by atoms with Crippen molar-refractivity contribution in [3.05, 3.63) is 24.0 Å². The van der Waals surface area contributed by atoms with Crippen molar-refractivity contribution >= 4 is 29.5 Å². The summed E-state index contributed by atoms with van der Waals surface area (Å²) in [5.41, 5.74) is 0.289. The van der Waals surface area contributed by atoms with Crippen LogP contribution in [0.5, 0.6) is 0 Å². The van der Waals surface area contributed by atoms with Crippen LogP contribution in [0.1, 0.15) is 24.3 Å². The first-order valence-electron chi connectivity index (χ1n) is 5.73. The summed E-state index contributed by atoms with van der Waals surface area (Å²) in [5.74, 6) is -2.14. The van der Waals surface area contributed by atoms with Crippen LogP contribution in [0, 0.1) is 5.92 Å². The van der Waals surface area contributed by atoms with Crippen LogP contribution in [-0.4, -0.2) is 38.9 Å². The highest BCUT2D eigenvalue weighted by Gasteiger charge is 2.23. The minimum Gasteiger partial charge on any atom is -0.480 e. The fourth-order valence-electron chi connectivity index (χ4n) is 1.42. The Morgan fingerprint density at radius 1 is 1.42 bits per heavy atom. The average molecular weight is 284 g/mol. The molecule has 1 rings (SSSR count). The smallest absolute Gasteiger partial charge is 0.316 e. The zero-order chi connectivity index (χ0) is 14.4. The molecule has 7 heteroatoms. The van der Waals surface area contributed by atoms with E-state index in [-0.39, 0.29) is 17.4 Å². The van der Waals surface area contributed by atoms with Gasteiger partial charge < -0.3 is 10.1 Å². The number of aromatic nitrogens is 1. The first-order valence-corrected chi connectivity index (χ1v) is 6.78. The lowest BCUT2D eigenvalue weighted by Crippen LogP contribution is -2.33. The first-order chi connectivity index (χ1) is 8.91. The van der Waals surface area contributed by atoms with Crippen LogP contribution in [0.3, 0.4) is 0 Å². The van der Waals surface area contributed by atoms with Crippen molar-refractivity contribution in [2.24, 2.45) is 5.92 Å². The number of aromatic amines is 1. The molecule has 19 heavy (non-hydrogen) atoms. The van der Waals surface area contributed by atoms with Crippen molar-refractivity contribution in [3.63, 3.8) is 0 Å². The Bertz CT molecular complexity index is 456. The maximum atomic E-state index is 11.5. The molecule has 3 N–H and O–H groups in total. The van der Waals surface area contributed by atoms with E-state index in [0.29, 0.717) is 0 Å². The van der Waals surface area contributed by atoms with E-state index >= 15 is 0 Å². The minimum atomic E-state index is -0.955. The van der Waals surface area contributed by atoms with E-state index in [4.69, 9.17) is 5.11 Å². The Morgan fingerprint density at radius 2 is 2.11 bits per heavy atom. The van der Waals surface area contributed by atoms with E-state index in [1.54, 1.807) is 32.2 Å². The molecular weight excluding hydrogens is 268 g/mol. The van der Waals surface area contributed by atoms with Crippen LogP contribution in [0.25, 0.3) is 0 Å². The summed E-state index contributed by atoms with van der Waals surface area (Å²) in [6.45, 7) is 3.54. The second-order valence-corrected chi connectivity index (χ2v) is 5.40. The second-order valence-electron chi connectivity index (χ2n) is 4.27. The molecular formula is C12H16N2O4S. The zero-order valence-electron chi connectivity index (χ0n) is 10.7. The summed E-state index contributed by atoms with van der Waals surface area (Å²) in [4.78, 5) is 36.7. The van der Waals surface area contributed by atoms with Gasteiger partial charge in [0.05, 0.1) is 5.75 Å². The highest BCUT2D eigenvalue weighted by molar-refractivity contribution is 8.01. The van der Waals surface area contributed by atoms with E-state index < -0.39 is 23.0 Å². The average Bonchev–Trinajstić information content (AvgIpc) is 2.81. The largest absolute Gasteiger partial charge is 0.480 e. The van der Waals surface area contributed by atoms with Gasteiger partial charge in [-0.2, -0.15) is 0 Å². The van der Waals surface area contributed by atoms with Gasteiger partial charge in [0.15, 0.2) is 0 Å². The van der Waals surface area contributed by atoms with E-state index in [0.717, 1.165) is 11.8 Å². The maximum Gasteiger partial charge on any atom is 0.316 e. The molecule has 0 aliphatic rings. The first kappa shape index (κ1) is 15.3. The van der Waals surface area contributed by atoms with Gasteiger partial charge in [-0.25, -0.2) is 0 Å². The summed E-state index contributed by atoms with van der Waals surface area (Å²) in [5, 5.41) is 10.5. The molecule has 1 aromatic heterocycles. The molecule has 0 aliphatic heterocycles. The second kappa shape index (κ2) is 6.98. The summed E-state index contributed by atoms with van der Waals surface area (Å²) in [6.07, 6.45) is 1.58. The van der Waals surface area contributed by atoms with Crippen LogP contribution in [0.15, 0.2) is 18.3 Å². The third kappa shape index (κ3) is 4.78. The zero-order valence-corrected chi connectivity index (χ0v) is 11.5. The molecule has 6 nitrogen and oxygen atoms in total. The van der Waals surface area contributed by atoms with Gasteiger partial charge in [0.1, 0.15) is 10.9 Å². The Balaban J connectivity index is 2.43. The lowest BCUT2D eigenvalue weighted by Gasteiger charge is -2.14. The standard InChI is InChI=1S/C12H16N2O4S/c1-7(2)10(12(17)18)19-6-9(15)14-11(16)8-4-3-5-13-8/h3-5,7,10,13H,6H2,1-2H3,(H,17,18)(H,14,15,16). The van der Waals surface area contributed by atoms with Crippen LogP contribution >= 0.6 is 11.8 Å². The summed E-state index contributed by atoms with van der Waals surface area (Å²) in [7, 11) is 0. The number of aliphatic carboxylic acids is 1. The number of carboxylic acid groups (broad SMARTS) is 1. The van der Waals surface area contributed by atoms with Crippen LogP contribution in [-0.2, 0) is 9.59 Å². The van der Waals surface area contributed by atoms with Crippen LogP contribution in [0.2, 0.25) is 0 Å². The van der Waals surface area contributed by atoms with Gasteiger partial charge in [0, 0.05) is 6.20 Å². The number of amides is 2. The number of H-pyrrole nitrogens is 1. The van der Waals surface area contributed by atoms with Gasteiger partial charge in [-0.1, -0.05) is 13.8 Å². The van der Waals surface area contributed by atoms with E-state index in [1.807, 2.05) is 0 Å². The van der Waals surface area contributed by atoms with Crippen molar-refractivity contribution in [1.29, 1.82) is 0 Å². The van der Waals surface area contributed by atoms with Gasteiger partial charge in [-0.05, 0) is 18.1 Å². The van der Waals surface area contributed by atoms with Crippen molar-refractivity contribution in [2.45, 2.75) is 19.1 Å². The predicted octanol–water partition coefficient (Wildman–Crippen LogP) is 1.11. The predicted molar refractivity (Wildman–Crippen MR) is 72.0 cm³/mol. The molecule has 0 spiro atoms. The fraction of sp³-hybridized carbons (Fsp3) is 0.417. The Kier molecular flexibility index (Phi) is 5.62. The molecule has 0 radical (unpaired) electrons. The molecule has 0 bridgehead atoms. The van der Waals surface area contributed by atoms with Crippen molar-refractivity contribution < 1.29 is 19.5 Å². The summed E-state index contributed by atoms with van der Waals surface area (Å²) >= 11 is 1.01. The van der Waals surface area contributed by atoms with Gasteiger partial charge in [-0.3, -0.25) is 19.7 Å². The molecule has 1 aromatic rings. The lowest BCUT2D eigenvalue weighted by molar-refractivity contribution is -0.137. The number of hydrogen-bond acceptors (Lipinski definition) is 4. The van der Waals surface area contributed by atoms with E-state index in [2.05, 4.69) is 10.3 Å². The normalized spacial score (nSPS) is 12.2. The van der Waals surface area contributed by atoms with Gasteiger partial charge in [0.2, 0.25) is 5.91 Å². The highest BCUT2D eigenvalue weighted by atomic mass is 32.2. The van der Waals surface area contributed by atoms with Crippen LogP contribution < -0.4 is 5.32 Å². The number of imide groups is 1. The van der Waals surface area contributed by atoms with Crippen molar-refractivity contribution in [2.75, 3.05) is 5.75 Å². The Hall–Kier alpha value is -1.76. The lowest BCUT2D eigenvalue weighted by atomic mass is 10.1. The molecule has 1 heterocycles. The number of carbonyl (C=O) groups excluding carboxylic acids is 2. The SMILES string of the molecule is CC(C)C(SCC(=O)NC(=O)c1ccc[nH]1)C(=O)O. The molecule has 0 aromatic carbocycles. The fourth-order valence-corrected chi connectivity index (χ4v) is 2.35. The molecule has 0 aliphatic carbocycles. The van der Waals surface area contributed by atoms with E-state index in [9.17, 15) is 14.4 Å². The molecule has 0 saturated carbocycles. The van der Waals surface area contributed by atoms with Gasteiger partial charge in [-0.15, -0.1) is 11.8 Å². The quantitative estimate of drug-likeness (QED) is 0.727. The monoisotopic (exact) mass is 284 g/mol. The Labute approximate surface area is 115 Å².